The fourth-order valence-corrected chi connectivity index (χ4v) is 2.94. The number of hydrogen-bond donors (Lipinski definition) is 2. The Kier molecular flexibility index (Phi) is 4.39. The van der Waals surface area contributed by atoms with Gasteiger partial charge in [-0.05, 0) is 37.3 Å². The second-order valence-electron chi connectivity index (χ2n) is 5.52. The van der Waals surface area contributed by atoms with Crippen LogP contribution in [0.4, 0.5) is 0 Å². The number of aromatic nitrogens is 2. The minimum atomic E-state index is -3.76. The lowest BCUT2D eigenvalue weighted by Gasteiger charge is -2.08. The van der Waals surface area contributed by atoms with Crippen LogP contribution in [0.3, 0.4) is 0 Å². The van der Waals surface area contributed by atoms with Gasteiger partial charge in [-0.3, -0.25) is 0 Å². The summed E-state index contributed by atoms with van der Waals surface area (Å²) in [4.78, 5) is 0.0254. The van der Waals surface area contributed by atoms with Crippen molar-refractivity contribution in [2.45, 2.75) is 11.8 Å². The monoisotopic (exact) mass is 356 g/mol. The van der Waals surface area contributed by atoms with Crippen molar-refractivity contribution < 1.29 is 13.6 Å². The van der Waals surface area contributed by atoms with Crippen LogP contribution in [0.15, 0.2) is 64.6 Å². The molecular formula is C17H16N4O3S. The standard InChI is InChI=1S/C17H16N4O3S/c1-12-2-4-13(5-3-12)17-10-14(11-19-22)20-21(17)15-6-8-16(9-7-15)25(18,23)24/h2-11,22H,1H3,(H2,18,23,24)/b19-11+. The highest BCUT2D eigenvalue weighted by molar-refractivity contribution is 7.89. The van der Waals surface area contributed by atoms with E-state index < -0.39 is 10.0 Å². The molecule has 0 fully saturated rings. The van der Waals surface area contributed by atoms with Crippen LogP contribution in [-0.4, -0.2) is 29.6 Å². The molecule has 3 N–H and O–H groups in total. The van der Waals surface area contributed by atoms with Gasteiger partial charge in [0.15, 0.2) is 0 Å². The number of hydrogen-bond acceptors (Lipinski definition) is 5. The van der Waals surface area contributed by atoms with Crippen LogP contribution in [-0.2, 0) is 10.0 Å². The van der Waals surface area contributed by atoms with E-state index in [1.54, 1.807) is 22.9 Å². The molecule has 8 heteroatoms. The van der Waals surface area contributed by atoms with Gasteiger partial charge in [0.1, 0.15) is 5.69 Å². The van der Waals surface area contributed by atoms with Crippen molar-refractivity contribution >= 4 is 16.2 Å². The lowest BCUT2D eigenvalue weighted by atomic mass is 10.1. The molecule has 0 radical (unpaired) electrons. The summed E-state index contributed by atoms with van der Waals surface area (Å²) in [7, 11) is -3.76. The number of aryl methyl sites for hydroxylation is 1. The zero-order valence-electron chi connectivity index (χ0n) is 13.4. The Balaban J connectivity index is 2.13. The van der Waals surface area contributed by atoms with Crippen LogP contribution in [0.2, 0.25) is 0 Å². The summed E-state index contributed by atoms with van der Waals surface area (Å²) in [6.07, 6.45) is 1.23. The first-order chi connectivity index (χ1) is 11.9. The molecule has 128 valence electrons. The van der Waals surface area contributed by atoms with Crippen molar-refractivity contribution in [1.82, 2.24) is 9.78 Å². The van der Waals surface area contributed by atoms with Crippen molar-refractivity contribution in [3.8, 4) is 16.9 Å². The maximum absolute atomic E-state index is 11.4. The van der Waals surface area contributed by atoms with Gasteiger partial charge >= 0.3 is 0 Å². The molecule has 1 heterocycles. The first kappa shape index (κ1) is 16.9. The molecule has 3 aromatic rings. The van der Waals surface area contributed by atoms with Gasteiger partial charge in [0.05, 0.1) is 22.5 Å². The summed E-state index contributed by atoms with van der Waals surface area (Å²) >= 11 is 0. The van der Waals surface area contributed by atoms with Crippen LogP contribution in [0.1, 0.15) is 11.3 Å². The molecule has 0 saturated carbocycles. The third kappa shape index (κ3) is 3.59. The highest BCUT2D eigenvalue weighted by Gasteiger charge is 2.13. The molecule has 0 unspecified atom stereocenters. The molecule has 0 aliphatic rings. The van der Waals surface area contributed by atoms with Gasteiger partial charge in [0.2, 0.25) is 10.0 Å². The molecule has 3 rings (SSSR count). The van der Waals surface area contributed by atoms with Crippen molar-refractivity contribution in [1.29, 1.82) is 0 Å². The van der Waals surface area contributed by atoms with Gasteiger partial charge in [-0.15, -0.1) is 0 Å². The molecule has 25 heavy (non-hydrogen) atoms. The van der Waals surface area contributed by atoms with E-state index in [1.165, 1.54) is 18.3 Å². The molecule has 7 nitrogen and oxygen atoms in total. The predicted octanol–water partition coefficient (Wildman–Crippen LogP) is 2.30. The molecule has 1 aromatic heterocycles. The quantitative estimate of drug-likeness (QED) is 0.424. The SMILES string of the molecule is Cc1ccc(-c2cc(/C=N/O)nn2-c2ccc(S(N)(=O)=O)cc2)cc1. The normalized spacial score (nSPS) is 11.9. The summed E-state index contributed by atoms with van der Waals surface area (Å²) in [5.41, 5.74) is 3.95. The number of nitrogens with two attached hydrogens (primary N) is 1. The van der Waals surface area contributed by atoms with Crippen LogP contribution >= 0.6 is 0 Å². The van der Waals surface area contributed by atoms with E-state index in [1.807, 2.05) is 31.2 Å². The van der Waals surface area contributed by atoms with E-state index in [-0.39, 0.29) is 4.90 Å². The zero-order chi connectivity index (χ0) is 18.0. The van der Waals surface area contributed by atoms with E-state index in [2.05, 4.69) is 10.3 Å². The van der Waals surface area contributed by atoms with Gasteiger partial charge in [0, 0.05) is 5.56 Å². The van der Waals surface area contributed by atoms with E-state index in [0.717, 1.165) is 16.8 Å². The minimum absolute atomic E-state index is 0.0254. The van der Waals surface area contributed by atoms with Crippen LogP contribution < -0.4 is 5.14 Å². The molecular weight excluding hydrogens is 340 g/mol. The van der Waals surface area contributed by atoms with E-state index in [0.29, 0.717) is 11.4 Å². The largest absolute Gasteiger partial charge is 0.411 e. The van der Waals surface area contributed by atoms with Crippen molar-refractivity contribution in [3.63, 3.8) is 0 Å². The van der Waals surface area contributed by atoms with Gasteiger partial charge in [-0.25, -0.2) is 18.2 Å². The third-order valence-corrected chi connectivity index (χ3v) is 4.60. The molecule has 0 amide bonds. The van der Waals surface area contributed by atoms with Crippen LogP contribution in [0, 0.1) is 6.92 Å². The van der Waals surface area contributed by atoms with E-state index in [4.69, 9.17) is 10.3 Å². The Morgan fingerprint density at radius 2 is 1.76 bits per heavy atom. The summed E-state index contributed by atoms with van der Waals surface area (Å²) in [6, 6.07) is 15.7. The van der Waals surface area contributed by atoms with Gasteiger partial charge in [0.25, 0.3) is 0 Å². The maximum Gasteiger partial charge on any atom is 0.238 e. The van der Waals surface area contributed by atoms with Gasteiger partial charge in [-0.2, -0.15) is 5.10 Å². The number of benzene rings is 2. The Bertz CT molecular complexity index is 1020. The lowest BCUT2D eigenvalue weighted by molar-refractivity contribution is 0.321. The van der Waals surface area contributed by atoms with Gasteiger partial charge < -0.3 is 5.21 Å². The average Bonchev–Trinajstić information content (AvgIpc) is 2.99. The molecule has 2 aromatic carbocycles. The summed E-state index contributed by atoms with van der Waals surface area (Å²) in [5.74, 6) is 0. The van der Waals surface area contributed by atoms with Crippen molar-refractivity contribution in [2.75, 3.05) is 0 Å². The van der Waals surface area contributed by atoms with Crippen molar-refractivity contribution in [3.05, 3.63) is 65.9 Å². The Morgan fingerprint density at radius 1 is 1.12 bits per heavy atom. The lowest BCUT2D eigenvalue weighted by Crippen LogP contribution is -2.12. The Labute approximate surface area is 145 Å². The first-order valence-corrected chi connectivity index (χ1v) is 8.91. The Hall–Kier alpha value is -2.97. The number of nitrogens with zero attached hydrogens (tertiary/aromatic N) is 3. The molecule has 0 aliphatic heterocycles. The van der Waals surface area contributed by atoms with Crippen molar-refractivity contribution in [2.24, 2.45) is 10.3 Å². The summed E-state index contributed by atoms with van der Waals surface area (Å²) in [5, 5.41) is 21.3. The molecule has 0 spiro atoms. The number of sulfonamides is 1. The van der Waals surface area contributed by atoms with Crippen LogP contribution in [0.25, 0.3) is 16.9 Å². The van der Waals surface area contributed by atoms with E-state index >= 15 is 0 Å². The second kappa shape index (κ2) is 6.50. The van der Waals surface area contributed by atoms with E-state index in [9.17, 15) is 8.42 Å². The fraction of sp³-hybridized carbons (Fsp3) is 0.0588. The summed E-state index contributed by atoms with van der Waals surface area (Å²) < 4.78 is 24.4. The zero-order valence-corrected chi connectivity index (χ0v) is 14.2. The molecule has 0 bridgehead atoms. The summed E-state index contributed by atoms with van der Waals surface area (Å²) in [6.45, 7) is 2.00. The molecule has 0 aliphatic carbocycles. The number of primary sulfonamides is 1. The molecule has 0 atom stereocenters. The highest BCUT2D eigenvalue weighted by atomic mass is 32.2. The average molecular weight is 356 g/mol. The number of oxime groups is 1. The van der Waals surface area contributed by atoms with Gasteiger partial charge in [-0.1, -0.05) is 35.0 Å². The second-order valence-corrected chi connectivity index (χ2v) is 7.08. The predicted molar refractivity (Wildman–Crippen MR) is 94.5 cm³/mol. The Morgan fingerprint density at radius 3 is 2.32 bits per heavy atom. The third-order valence-electron chi connectivity index (χ3n) is 3.68. The smallest absolute Gasteiger partial charge is 0.238 e. The first-order valence-electron chi connectivity index (χ1n) is 7.36. The fourth-order valence-electron chi connectivity index (χ4n) is 2.43. The molecule has 0 saturated heterocycles. The van der Waals surface area contributed by atoms with Crippen LogP contribution in [0.5, 0.6) is 0 Å². The number of rotatable bonds is 4. The minimum Gasteiger partial charge on any atom is -0.411 e. The topological polar surface area (TPSA) is 111 Å². The highest BCUT2D eigenvalue weighted by Crippen LogP contribution is 2.24. The maximum atomic E-state index is 11.4.